The van der Waals surface area contributed by atoms with Crippen molar-refractivity contribution in [1.82, 2.24) is 24.3 Å². The first-order valence-corrected chi connectivity index (χ1v) is 10.2. The summed E-state index contributed by atoms with van der Waals surface area (Å²) < 4.78 is 18.5. The molecule has 5 heterocycles. The third-order valence-corrected chi connectivity index (χ3v) is 6.52. The number of imidazole rings is 1. The van der Waals surface area contributed by atoms with Crippen LogP contribution >= 0.6 is 11.3 Å². The zero-order chi connectivity index (χ0) is 19.4. The largest absolute Gasteiger partial charge is 0.314 e. The summed E-state index contributed by atoms with van der Waals surface area (Å²) in [7, 11) is 0. The number of pyridine rings is 1. The monoisotopic (exact) mass is 397 g/mol. The van der Waals surface area contributed by atoms with Gasteiger partial charge in [-0.3, -0.25) is 9.36 Å². The maximum Gasteiger partial charge on any atom is 0.271 e. The fourth-order valence-electron chi connectivity index (χ4n) is 4.00. The average molecular weight is 397 g/mol. The van der Waals surface area contributed by atoms with Crippen LogP contribution in [-0.4, -0.2) is 31.5 Å². The van der Waals surface area contributed by atoms with Gasteiger partial charge in [-0.05, 0) is 45.4 Å². The van der Waals surface area contributed by atoms with Gasteiger partial charge >= 0.3 is 0 Å². The Balaban J connectivity index is 1.60. The molecule has 0 spiro atoms. The van der Waals surface area contributed by atoms with Crippen LogP contribution in [0.5, 0.6) is 0 Å². The zero-order valence-corrected chi connectivity index (χ0v) is 16.5. The molecule has 6 nitrogen and oxygen atoms in total. The van der Waals surface area contributed by atoms with Crippen LogP contribution in [0, 0.1) is 12.7 Å². The molecule has 144 valence electrons. The van der Waals surface area contributed by atoms with Gasteiger partial charge < -0.3 is 9.72 Å². The Morgan fingerprint density at radius 2 is 2.18 bits per heavy atom. The Hall–Kier alpha value is -2.58. The fraction of sp³-hybridized carbons (Fsp3) is 0.350. The average Bonchev–Trinajstić information content (AvgIpc) is 3.25. The van der Waals surface area contributed by atoms with Crippen molar-refractivity contribution >= 4 is 27.2 Å². The quantitative estimate of drug-likeness (QED) is 0.562. The highest BCUT2D eigenvalue weighted by atomic mass is 32.1. The van der Waals surface area contributed by atoms with Crippen LogP contribution in [0.3, 0.4) is 0 Å². The molecular weight excluding hydrogens is 377 g/mol. The van der Waals surface area contributed by atoms with Gasteiger partial charge in [0.1, 0.15) is 4.70 Å². The van der Waals surface area contributed by atoms with Gasteiger partial charge in [0.2, 0.25) is 0 Å². The highest BCUT2D eigenvalue weighted by Gasteiger charge is 2.22. The van der Waals surface area contributed by atoms with Crippen molar-refractivity contribution in [3.8, 4) is 10.4 Å². The van der Waals surface area contributed by atoms with Crippen molar-refractivity contribution in [3.05, 3.63) is 52.7 Å². The summed E-state index contributed by atoms with van der Waals surface area (Å²) in [6.45, 7) is 4.87. The van der Waals surface area contributed by atoms with Gasteiger partial charge in [-0.2, -0.15) is 0 Å². The van der Waals surface area contributed by atoms with E-state index in [-0.39, 0.29) is 17.4 Å². The molecule has 0 saturated carbocycles. The summed E-state index contributed by atoms with van der Waals surface area (Å²) in [5.74, 6) is -0.378. The van der Waals surface area contributed by atoms with E-state index in [9.17, 15) is 9.18 Å². The second kappa shape index (κ2) is 6.49. The number of aromatic nitrogens is 4. The number of halogens is 1. The summed E-state index contributed by atoms with van der Waals surface area (Å²) >= 11 is 1.37. The minimum absolute atomic E-state index is 0.0135. The van der Waals surface area contributed by atoms with E-state index in [1.807, 2.05) is 19.2 Å². The second-order valence-corrected chi connectivity index (χ2v) is 8.56. The second-order valence-electron chi connectivity index (χ2n) is 7.51. The van der Waals surface area contributed by atoms with Gasteiger partial charge in [0.05, 0.1) is 17.5 Å². The van der Waals surface area contributed by atoms with Gasteiger partial charge in [0.25, 0.3) is 5.56 Å². The van der Waals surface area contributed by atoms with Crippen LogP contribution in [0.4, 0.5) is 4.39 Å². The molecule has 4 aromatic heterocycles. The predicted molar refractivity (Wildman–Crippen MR) is 108 cm³/mol. The van der Waals surface area contributed by atoms with Crippen molar-refractivity contribution < 1.29 is 4.39 Å². The maximum atomic E-state index is 14.5. The number of hydrogen-bond acceptors (Lipinski definition) is 5. The number of nitrogens with zero attached hydrogens (tertiary/aromatic N) is 4. The van der Waals surface area contributed by atoms with Crippen molar-refractivity contribution in [1.29, 1.82) is 0 Å². The first-order chi connectivity index (χ1) is 13.5. The summed E-state index contributed by atoms with van der Waals surface area (Å²) in [5.41, 5.74) is 2.42. The number of fused-ring (bicyclic) bond motifs is 2. The lowest BCUT2D eigenvalue weighted by atomic mass is 10.0. The van der Waals surface area contributed by atoms with Crippen LogP contribution in [0.1, 0.15) is 31.5 Å². The Morgan fingerprint density at radius 1 is 1.32 bits per heavy atom. The summed E-state index contributed by atoms with van der Waals surface area (Å²) in [6.07, 6.45) is 7.12. The van der Waals surface area contributed by atoms with E-state index in [4.69, 9.17) is 0 Å². The molecule has 1 saturated heterocycles. The standard InChI is InChI=1S/C20H20FN5OS/c1-11-5-14(3-4-22-11)26-10-23-16-7-17(28-18(16)20(26)27)13-6-15(21)19-24-12(2)8-25(19)9-13/h6-11,14,22H,3-5H2,1-2H3/t11-,14-/m0/s1. The van der Waals surface area contributed by atoms with Gasteiger partial charge in [0, 0.05) is 34.9 Å². The molecule has 1 aliphatic rings. The number of piperidine rings is 1. The third kappa shape index (κ3) is 2.84. The Morgan fingerprint density at radius 3 is 3.00 bits per heavy atom. The van der Waals surface area contributed by atoms with Crippen LogP contribution in [0.15, 0.2) is 35.6 Å². The van der Waals surface area contributed by atoms with Crippen molar-refractivity contribution in [2.24, 2.45) is 0 Å². The fourth-order valence-corrected chi connectivity index (χ4v) is 5.03. The molecule has 0 unspecified atom stereocenters. The van der Waals surface area contributed by atoms with E-state index in [1.54, 1.807) is 21.5 Å². The summed E-state index contributed by atoms with van der Waals surface area (Å²) in [4.78, 5) is 22.6. The lowest BCUT2D eigenvalue weighted by Crippen LogP contribution is -2.39. The zero-order valence-electron chi connectivity index (χ0n) is 15.6. The lowest BCUT2D eigenvalue weighted by molar-refractivity contribution is 0.307. The van der Waals surface area contributed by atoms with Crippen LogP contribution in [0.2, 0.25) is 0 Å². The minimum atomic E-state index is -0.378. The molecule has 0 radical (unpaired) electrons. The van der Waals surface area contributed by atoms with Crippen LogP contribution in [-0.2, 0) is 0 Å². The van der Waals surface area contributed by atoms with Crippen LogP contribution < -0.4 is 10.9 Å². The third-order valence-electron chi connectivity index (χ3n) is 5.36. The van der Waals surface area contributed by atoms with Gasteiger partial charge in [-0.25, -0.2) is 14.4 Å². The van der Waals surface area contributed by atoms with E-state index in [0.29, 0.717) is 27.5 Å². The minimum Gasteiger partial charge on any atom is -0.314 e. The first-order valence-electron chi connectivity index (χ1n) is 9.39. The number of nitrogens with one attached hydrogen (secondary N) is 1. The Labute approximate surface area is 164 Å². The Kier molecular flexibility index (Phi) is 4.06. The molecule has 1 fully saturated rings. The molecule has 1 N–H and O–H groups in total. The molecular formula is C20H20FN5OS. The molecule has 8 heteroatoms. The smallest absolute Gasteiger partial charge is 0.271 e. The number of aryl methyl sites for hydroxylation is 1. The molecule has 4 aromatic rings. The summed E-state index contributed by atoms with van der Waals surface area (Å²) in [6, 6.07) is 3.88. The number of thiophene rings is 1. The predicted octanol–water partition coefficient (Wildman–Crippen LogP) is 3.53. The van der Waals surface area contributed by atoms with Crippen molar-refractivity contribution in [3.63, 3.8) is 0 Å². The molecule has 2 atom stereocenters. The van der Waals surface area contributed by atoms with E-state index in [1.165, 1.54) is 17.4 Å². The van der Waals surface area contributed by atoms with E-state index < -0.39 is 0 Å². The Bertz CT molecular complexity index is 1260. The number of hydrogen-bond donors (Lipinski definition) is 1. The first kappa shape index (κ1) is 17.5. The highest BCUT2D eigenvalue weighted by Crippen LogP contribution is 2.32. The van der Waals surface area contributed by atoms with E-state index in [0.717, 1.165) is 30.0 Å². The van der Waals surface area contributed by atoms with Gasteiger partial charge in [-0.15, -0.1) is 11.3 Å². The van der Waals surface area contributed by atoms with Crippen molar-refractivity contribution in [2.75, 3.05) is 6.54 Å². The molecule has 0 aliphatic carbocycles. The topological polar surface area (TPSA) is 64.2 Å². The molecule has 5 rings (SSSR count). The SMILES string of the molecule is Cc1cn2cc(-c3cc4ncn([C@H]5CCN[C@@H](C)C5)c(=O)c4s3)cc(F)c2n1. The maximum absolute atomic E-state index is 14.5. The summed E-state index contributed by atoms with van der Waals surface area (Å²) in [5, 5.41) is 3.41. The highest BCUT2D eigenvalue weighted by molar-refractivity contribution is 7.22. The van der Waals surface area contributed by atoms with Gasteiger partial charge in [0.15, 0.2) is 11.5 Å². The molecule has 28 heavy (non-hydrogen) atoms. The molecule has 0 aromatic carbocycles. The van der Waals surface area contributed by atoms with Gasteiger partial charge in [-0.1, -0.05) is 0 Å². The molecule has 0 bridgehead atoms. The van der Waals surface area contributed by atoms with Crippen molar-refractivity contribution in [2.45, 2.75) is 38.8 Å². The van der Waals surface area contributed by atoms with E-state index >= 15 is 0 Å². The normalized spacial score (nSPS) is 20.2. The molecule has 1 aliphatic heterocycles. The number of rotatable bonds is 2. The lowest BCUT2D eigenvalue weighted by Gasteiger charge is -2.29. The van der Waals surface area contributed by atoms with E-state index in [2.05, 4.69) is 22.2 Å². The molecule has 0 amide bonds. The van der Waals surface area contributed by atoms with Crippen LogP contribution in [0.25, 0.3) is 26.3 Å².